The van der Waals surface area contributed by atoms with Gasteiger partial charge in [-0.3, -0.25) is 9.78 Å². The van der Waals surface area contributed by atoms with Gasteiger partial charge in [-0.15, -0.1) is 0 Å². The van der Waals surface area contributed by atoms with E-state index in [0.29, 0.717) is 29.4 Å². The average Bonchev–Trinajstić information content (AvgIpc) is 2.73. The van der Waals surface area contributed by atoms with Gasteiger partial charge in [0.15, 0.2) is 0 Å². The first-order chi connectivity index (χ1) is 13.2. The van der Waals surface area contributed by atoms with Crippen LogP contribution in [0, 0.1) is 0 Å². The summed E-state index contributed by atoms with van der Waals surface area (Å²) in [5.74, 6) is 1.72. The van der Waals surface area contributed by atoms with Crippen molar-refractivity contribution in [2.75, 3.05) is 19.5 Å². The highest BCUT2D eigenvalue weighted by Gasteiger charge is 2.09. The Morgan fingerprint density at radius 3 is 2.59 bits per heavy atom. The molecule has 2 aromatic heterocycles. The molecule has 1 aromatic carbocycles. The lowest BCUT2D eigenvalue weighted by molar-refractivity contribution is 0.0950. The van der Waals surface area contributed by atoms with Crippen LogP contribution in [0.4, 0.5) is 11.5 Å². The van der Waals surface area contributed by atoms with Crippen LogP contribution >= 0.6 is 0 Å². The second kappa shape index (κ2) is 8.66. The molecular formula is C20H20N4O3. The van der Waals surface area contributed by atoms with Gasteiger partial charge in [0.2, 0.25) is 0 Å². The lowest BCUT2D eigenvalue weighted by Gasteiger charge is -2.12. The number of hydrogen-bond acceptors (Lipinski definition) is 6. The number of pyridine rings is 2. The quantitative estimate of drug-likeness (QED) is 0.670. The Morgan fingerprint density at radius 1 is 1.04 bits per heavy atom. The predicted octanol–water partition coefficient (Wildman–Crippen LogP) is 3.17. The molecule has 2 N–H and O–H groups in total. The second-order valence-electron chi connectivity index (χ2n) is 5.63. The minimum atomic E-state index is -0.207. The van der Waals surface area contributed by atoms with Gasteiger partial charge < -0.3 is 20.1 Å². The van der Waals surface area contributed by atoms with E-state index < -0.39 is 0 Å². The van der Waals surface area contributed by atoms with Crippen LogP contribution in [0.15, 0.2) is 60.9 Å². The van der Waals surface area contributed by atoms with E-state index in [2.05, 4.69) is 20.6 Å². The van der Waals surface area contributed by atoms with E-state index in [0.717, 1.165) is 11.4 Å². The third-order valence-electron chi connectivity index (χ3n) is 3.85. The average molecular weight is 364 g/mol. The number of nitrogens with zero attached hydrogens (tertiary/aromatic N) is 2. The summed E-state index contributed by atoms with van der Waals surface area (Å²) in [6.45, 7) is 0.364. The van der Waals surface area contributed by atoms with Gasteiger partial charge in [0.05, 0.1) is 37.7 Å². The molecule has 0 radical (unpaired) electrons. The number of aromatic nitrogens is 2. The van der Waals surface area contributed by atoms with E-state index >= 15 is 0 Å². The van der Waals surface area contributed by atoms with Crippen molar-refractivity contribution in [2.45, 2.75) is 6.54 Å². The number of ether oxygens (including phenoxy) is 2. The van der Waals surface area contributed by atoms with E-state index in [1.165, 1.54) is 6.20 Å². The van der Waals surface area contributed by atoms with Crippen LogP contribution in [0.1, 0.15) is 16.1 Å². The Balaban J connectivity index is 1.64. The Bertz CT molecular complexity index is 899. The van der Waals surface area contributed by atoms with Crippen molar-refractivity contribution >= 4 is 17.4 Å². The van der Waals surface area contributed by atoms with Crippen LogP contribution in [0.2, 0.25) is 0 Å². The zero-order chi connectivity index (χ0) is 19.1. The minimum absolute atomic E-state index is 0.207. The maximum atomic E-state index is 12.2. The molecule has 0 aliphatic heterocycles. The summed E-state index contributed by atoms with van der Waals surface area (Å²) in [4.78, 5) is 20.7. The number of carbonyl (C=O) groups is 1. The third-order valence-corrected chi connectivity index (χ3v) is 3.85. The highest BCUT2D eigenvalue weighted by molar-refractivity contribution is 5.94. The summed E-state index contributed by atoms with van der Waals surface area (Å²) in [7, 11) is 3.18. The molecule has 7 heteroatoms. The Hall–Kier alpha value is -3.61. The number of rotatable bonds is 7. The molecule has 0 spiro atoms. The smallest absolute Gasteiger partial charge is 0.253 e. The van der Waals surface area contributed by atoms with Gasteiger partial charge in [0.25, 0.3) is 5.91 Å². The van der Waals surface area contributed by atoms with Crippen molar-refractivity contribution < 1.29 is 14.3 Å². The first kappa shape index (κ1) is 18.2. The summed E-state index contributed by atoms with van der Waals surface area (Å²) >= 11 is 0. The molecule has 0 unspecified atom stereocenters. The molecule has 138 valence electrons. The molecule has 0 aliphatic carbocycles. The fraction of sp³-hybridized carbons (Fsp3) is 0.150. The summed E-state index contributed by atoms with van der Waals surface area (Å²) in [6, 6.07) is 14.5. The standard InChI is InChI=1S/C20H20N4O3/c1-26-16-7-8-17(18(11-16)27-2)24-19-9-6-14(12-22-19)20(25)23-13-15-5-3-4-10-21-15/h3-12H,13H2,1-2H3,(H,22,24)(H,23,25). The maximum absolute atomic E-state index is 12.2. The molecule has 3 rings (SSSR count). The molecule has 0 fully saturated rings. The molecule has 2 heterocycles. The molecule has 0 bridgehead atoms. The largest absolute Gasteiger partial charge is 0.497 e. The number of nitrogens with one attached hydrogen (secondary N) is 2. The Labute approximate surface area is 157 Å². The Morgan fingerprint density at radius 2 is 1.93 bits per heavy atom. The van der Waals surface area contributed by atoms with E-state index in [9.17, 15) is 4.79 Å². The molecule has 0 aliphatic rings. The van der Waals surface area contributed by atoms with E-state index in [1.54, 1.807) is 38.6 Å². The molecule has 1 amide bonds. The minimum Gasteiger partial charge on any atom is -0.497 e. The van der Waals surface area contributed by atoms with Gasteiger partial charge in [0, 0.05) is 18.5 Å². The fourth-order valence-corrected chi connectivity index (χ4v) is 2.42. The number of hydrogen-bond donors (Lipinski definition) is 2. The molecule has 0 atom stereocenters. The molecule has 7 nitrogen and oxygen atoms in total. The van der Waals surface area contributed by atoms with Gasteiger partial charge in [0.1, 0.15) is 17.3 Å². The van der Waals surface area contributed by atoms with Gasteiger partial charge in [-0.05, 0) is 36.4 Å². The van der Waals surface area contributed by atoms with Crippen LogP contribution in [-0.4, -0.2) is 30.1 Å². The molecule has 27 heavy (non-hydrogen) atoms. The van der Waals surface area contributed by atoms with Crippen molar-refractivity contribution in [3.05, 3.63) is 72.2 Å². The highest BCUT2D eigenvalue weighted by atomic mass is 16.5. The van der Waals surface area contributed by atoms with Gasteiger partial charge >= 0.3 is 0 Å². The van der Waals surface area contributed by atoms with Crippen molar-refractivity contribution in [3.8, 4) is 11.5 Å². The summed E-state index contributed by atoms with van der Waals surface area (Å²) in [5, 5.41) is 5.98. The number of benzene rings is 1. The van der Waals surface area contributed by atoms with Crippen molar-refractivity contribution in [3.63, 3.8) is 0 Å². The first-order valence-electron chi connectivity index (χ1n) is 8.33. The Kier molecular flexibility index (Phi) is 5.84. The van der Waals surface area contributed by atoms with Gasteiger partial charge in [-0.2, -0.15) is 0 Å². The summed E-state index contributed by atoms with van der Waals surface area (Å²) in [5.41, 5.74) is 2.01. The fourth-order valence-electron chi connectivity index (χ4n) is 2.42. The van der Waals surface area contributed by atoms with Gasteiger partial charge in [-0.1, -0.05) is 6.07 Å². The van der Waals surface area contributed by atoms with E-state index in [1.807, 2.05) is 30.3 Å². The number of amides is 1. The van der Waals surface area contributed by atoms with Crippen LogP contribution < -0.4 is 20.1 Å². The summed E-state index contributed by atoms with van der Waals surface area (Å²) in [6.07, 6.45) is 3.21. The normalized spacial score (nSPS) is 10.1. The monoisotopic (exact) mass is 364 g/mol. The van der Waals surface area contributed by atoms with Crippen LogP contribution in [0.25, 0.3) is 0 Å². The number of anilines is 2. The first-order valence-corrected chi connectivity index (χ1v) is 8.33. The molecule has 0 saturated heterocycles. The van der Waals surface area contributed by atoms with E-state index in [-0.39, 0.29) is 5.91 Å². The van der Waals surface area contributed by atoms with Crippen LogP contribution in [0.5, 0.6) is 11.5 Å². The zero-order valence-electron chi connectivity index (χ0n) is 15.1. The lowest BCUT2D eigenvalue weighted by atomic mass is 10.2. The van der Waals surface area contributed by atoms with E-state index in [4.69, 9.17) is 9.47 Å². The molecule has 3 aromatic rings. The van der Waals surface area contributed by atoms with Crippen LogP contribution in [-0.2, 0) is 6.54 Å². The SMILES string of the molecule is COc1ccc(Nc2ccc(C(=O)NCc3ccccn3)cn2)c(OC)c1. The van der Waals surface area contributed by atoms with Crippen molar-refractivity contribution in [2.24, 2.45) is 0 Å². The molecular weight excluding hydrogens is 344 g/mol. The maximum Gasteiger partial charge on any atom is 0.253 e. The lowest BCUT2D eigenvalue weighted by Crippen LogP contribution is -2.23. The van der Waals surface area contributed by atoms with Crippen LogP contribution in [0.3, 0.4) is 0 Å². The number of methoxy groups -OCH3 is 2. The van der Waals surface area contributed by atoms with Gasteiger partial charge in [-0.25, -0.2) is 4.98 Å². The second-order valence-corrected chi connectivity index (χ2v) is 5.63. The number of carbonyl (C=O) groups excluding carboxylic acids is 1. The predicted molar refractivity (Wildman–Crippen MR) is 102 cm³/mol. The topological polar surface area (TPSA) is 85.4 Å². The molecule has 0 saturated carbocycles. The van der Waals surface area contributed by atoms with Crippen molar-refractivity contribution in [1.29, 1.82) is 0 Å². The summed E-state index contributed by atoms with van der Waals surface area (Å²) < 4.78 is 10.5. The zero-order valence-corrected chi connectivity index (χ0v) is 15.1. The highest BCUT2D eigenvalue weighted by Crippen LogP contribution is 2.30. The third kappa shape index (κ3) is 4.72. The van der Waals surface area contributed by atoms with Crippen molar-refractivity contribution in [1.82, 2.24) is 15.3 Å².